The SMILES string of the molecule is CN(C)c1ccc(NC(=O)c2cccc(-c3cc(Nc4ccc(OC(F)(F)F)cc4)ncn3)c2)cc1. The number of amides is 1. The molecule has 0 atom stereocenters. The van der Waals surface area contributed by atoms with Gasteiger partial charge < -0.3 is 20.3 Å². The first-order valence-electron chi connectivity index (χ1n) is 10.8. The summed E-state index contributed by atoms with van der Waals surface area (Å²) in [5, 5.41) is 5.90. The lowest BCUT2D eigenvalue weighted by atomic mass is 10.1. The Hall–Kier alpha value is -4.60. The Balaban J connectivity index is 1.46. The molecule has 0 fully saturated rings. The van der Waals surface area contributed by atoms with Crippen molar-refractivity contribution in [3.05, 3.63) is 90.8 Å². The normalized spacial score (nSPS) is 11.0. The molecule has 1 aromatic heterocycles. The average molecular weight is 493 g/mol. The molecular weight excluding hydrogens is 471 g/mol. The fraction of sp³-hybridized carbons (Fsp3) is 0.115. The van der Waals surface area contributed by atoms with Crippen LogP contribution in [0.4, 0.5) is 36.1 Å². The molecule has 10 heteroatoms. The third-order valence-corrected chi connectivity index (χ3v) is 5.09. The van der Waals surface area contributed by atoms with Gasteiger partial charge in [-0.05, 0) is 60.7 Å². The van der Waals surface area contributed by atoms with E-state index in [1.54, 1.807) is 24.3 Å². The number of hydrogen-bond acceptors (Lipinski definition) is 6. The van der Waals surface area contributed by atoms with E-state index < -0.39 is 6.36 Å². The average Bonchev–Trinajstić information content (AvgIpc) is 2.85. The highest BCUT2D eigenvalue weighted by Crippen LogP contribution is 2.26. The van der Waals surface area contributed by atoms with Gasteiger partial charge in [-0.15, -0.1) is 13.2 Å². The predicted octanol–water partition coefficient (Wildman–Crippen LogP) is 6.10. The van der Waals surface area contributed by atoms with Gasteiger partial charge in [-0.2, -0.15) is 0 Å². The number of ether oxygens (including phenoxy) is 1. The van der Waals surface area contributed by atoms with Crippen LogP contribution >= 0.6 is 0 Å². The molecule has 0 bridgehead atoms. The number of anilines is 4. The minimum atomic E-state index is -4.75. The van der Waals surface area contributed by atoms with Gasteiger partial charge in [-0.25, -0.2) is 9.97 Å². The zero-order chi connectivity index (χ0) is 25.7. The fourth-order valence-electron chi connectivity index (χ4n) is 3.34. The third kappa shape index (κ3) is 6.50. The summed E-state index contributed by atoms with van der Waals surface area (Å²) in [6.45, 7) is 0. The van der Waals surface area contributed by atoms with Gasteiger partial charge >= 0.3 is 6.36 Å². The van der Waals surface area contributed by atoms with Gasteiger partial charge in [0, 0.05) is 48.4 Å². The van der Waals surface area contributed by atoms with Crippen LogP contribution in [0.3, 0.4) is 0 Å². The summed E-state index contributed by atoms with van der Waals surface area (Å²) in [6, 6.07) is 21.5. The van der Waals surface area contributed by atoms with Gasteiger partial charge in [0.1, 0.15) is 17.9 Å². The Morgan fingerprint density at radius 1 is 0.889 bits per heavy atom. The maximum absolute atomic E-state index is 12.8. The highest BCUT2D eigenvalue weighted by Gasteiger charge is 2.30. The van der Waals surface area contributed by atoms with E-state index in [-0.39, 0.29) is 11.7 Å². The van der Waals surface area contributed by atoms with Crippen molar-refractivity contribution in [3.8, 4) is 17.0 Å². The van der Waals surface area contributed by atoms with Gasteiger partial charge in [-0.3, -0.25) is 4.79 Å². The monoisotopic (exact) mass is 493 g/mol. The molecule has 4 aromatic rings. The lowest BCUT2D eigenvalue weighted by Gasteiger charge is -2.13. The Morgan fingerprint density at radius 2 is 1.58 bits per heavy atom. The minimum Gasteiger partial charge on any atom is -0.406 e. The second kappa shape index (κ2) is 10.3. The van der Waals surface area contributed by atoms with Gasteiger partial charge in [-0.1, -0.05) is 12.1 Å². The van der Waals surface area contributed by atoms with Crippen molar-refractivity contribution in [1.29, 1.82) is 0 Å². The molecule has 4 rings (SSSR count). The molecule has 184 valence electrons. The number of nitrogens with one attached hydrogen (secondary N) is 2. The van der Waals surface area contributed by atoms with Crippen LogP contribution in [-0.4, -0.2) is 36.3 Å². The number of halogens is 3. The molecular formula is C26H22F3N5O2. The van der Waals surface area contributed by atoms with Crippen LogP contribution in [0.5, 0.6) is 5.75 Å². The van der Waals surface area contributed by atoms with E-state index in [2.05, 4.69) is 25.3 Å². The Bertz CT molecular complexity index is 1340. The lowest BCUT2D eigenvalue weighted by Crippen LogP contribution is -2.16. The molecule has 0 aliphatic carbocycles. The summed E-state index contributed by atoms with van der Waals surface area (Å²) in [6.07, 6.45) is -3.39. The van der Waals surface area contributed by atoms with Gasteiger partial charge in [0.2, 0.25) is 0 Å². The Kier molecular flexibility index (Phi) is 7.05. The molecule has 0 saturated carbocycles. The first-order valence-corrected chi connectivity index (χ1v) is 10.8. The number of hydrogen-bond donors (Lipinski definition) is 2. The molecule has 0 radical (unpaired) electrons. The molecule has 1 amide bonds. The zero-order valence-electron chi connectivity index (χ0n) is 19.4. The summed E-state index contributed by atoms with van der Waals surface area (Å²) in [7, 11) is 3.88. The van der Waals surface area contributed by atoms with Crippen LogP contribution in [0.25, 0.3) is 11.3 Å². The molecule has 0 unspecified atom stereocenters. The van der Waals surface area contributed by atoms with Crippen LogP contribution in [0.2, 0.25) is 0 Å². The van der Waals surface area contributed by atoms with E-state index in [1.807, 2.05) is 49.3 Å². The van der Waals surface area contributed by atoms with Crippen molar-refractivity contribution in [3.63, 3.8) is 0 Å². The highest BCUT2D eigenvalue weighted by molar-refractivity contribution is 6.05. The molecule has 7 nitrogen and oxygen atoms in total. The number of alkyl halides is 3. The maximum Gasteiger partial charge on any atom is 0.573 e. The minimum absolute atomic E-state index is 0.261. The fourth-order valence-corrected chi connectivity index (χ4v) is 3.34. The standard InChI is InChI=1S/C26H22F3N5O2/c1-34(2)21-10-6-20(7-11-21)33-25(35)18-5-3-4-17(14-18)23-15-24(31-16-30-23)32-19-8-12-22(13-9-19)36-26(27,28)29/h3-16H,1-2H3,(H,33,35)(H,30,31,32). The number of carbonyl (C=O) groups excluding carboxylic acids is 1. The molecule has 0 saturated heterocycles. The number of nitrogens with zero attached hydrogens (tertiary/aromatic N) is 3. The smallest absolute Gasteiger partial charge is 0.406 e. The molecule has 2 N–H and O–H groups in total. The summed E-state index contributed by atoms with van der Waals surface area (Å²) < 4.78 is 40.9. The van der Waals surface area contributed by atoms with Crippen molar-refractivity contribution >= 4 is 28.8 Å². The maximum atomic E-state index is 12.8. The molecule has 36 heavy (non-hydrogen) atoms. The van der Waals surface area contributed by atoms with Crippen LogP contribution in [0, 0.1) is 0 Å². The summed E-state index contributed by atoms with van der Waals surface area (Å²) in [4.78, 5) is 23.2. The quantitative estimate of drug-likeness (QED) is 0.324. The van der Waals surface area contributed by atoms with Gasteiger partial charge in [0.05, 0.1) is 5.69 Å². The molecule has 1 heterocycles. The van der Waals surface area contributed by atoms with Crippen LogP contribution in [0.15, 0.2) is 85.2 Å². The largest absolute Gasteiger partial charge is 0.573 e. The van der Waals surface area contributed by atoms with E-state index in [4.69, 9.17) is 0 Å². The van der Waals surface area contributed by atoms with E-state index in [0.717, 1.165) is 5.69 Å². The summed E-state index contributed by atoms with van der Waals surface area (Å²) >= 11 is 0. The predicted molar refractivity (Wildman–Crippen MR) is 133 cm³/mol. The highest BCUT2D eigenvalue weighted by atomic mass is 19.4. The van der Waals surface area contributed by atoms with E-state index in [0.29, 0.717) is 34.0 Å². The second-order valence-electron chi connectivity index (χ2n) is 7.96. The van der Waals surface area contributed by atoms with E-state index in [9.17, 15) is 18.0 Å². The first-order chi connectivity index (χ1) is 17.2. The van der Waals surface area contributed by atoms with Gasteiger partial charge in [0.15, 0.2) is 0 Å². The van der Waals surface area contributed by atoms with Crippen molar-refractivity contribution in [1.82, 2.24) is 9.97 Å². The Labute approximate surface area is 205 Å². The topological polar surface area (TPSA) is 79.4 Å². The third-order valence-electron chi connectivity index (χ3n) is 5.09. The number of carbonyl (C=O) groups is 1. The van der Waals surface area contributed by atoms with Crippen molar-refractivity contribution in [2.75, 3.05) is 29.6 Å². The van der Waals surface area contributed by atoms with Crippen LogP contribution in [-0.2, 0) is 0 Å². The molecule has 0 aliphatic heterocycles. The second-order valence-corrected chi connectivity index (χ2v) is 7.96. The van der Waals surface area contributed by atoms with Crippen LogP contribution in [0.1, 0.15) is 10.4 Å². The van der Waals surface area contributed by atoms with Crippen molar-refractivity contribution in [2.45, 2.75) is 6.36 Å². The lowest BCUT2D eigenvalue weighted by molar-refractivity contribution is -0.274. The summed E-state index contributed by atoms with van der Waals surface area (Å²) in [5.74, 6) is -0.150. The summed E-state index contributed by atoms with van der Waals surface area (Å²) in [5.41, 5.74) is 3.93. The number of aromatic nitrogens is 2. The van der Waals surface area contributed by atoms with Gasteiger partial charge in [0.25, 0.3) is 5.91 Å². The van der Waals surface area contributed by atoms with E-state index in [1.165, 1.54) is 30.6 Å². The number of rotatable bonds is 7. The zero-order valence-corrected chi connectivity index (χ0v) is 19.4. The molecule has 3 aromatic carbocycles. The molecule has 0 spiro atoms. The van der Waals surface area contributed by atoms with E-state index >= 15 is 0 Å². The number of benzene rings is 3. The molecule has 0 aliphatic rings. The van der Waals surface area contributed by atoms with Crippen LogP contribution < -0.4 is 20.3 Å². The van der Waals surface area contributed by atoms with Crippen molar-refractivity contribution < 1.29 is 22.7 Å². The Morgan fingerprint density at radius 3 is 2.25 bits per heavy atom. The van der Waals surface area contributed by atoms with Crippen molar-refractivity contribution in [2.24, 2.45) is 0 Å². The first kappa shape index (κ1) is 24.5.